The second-order valence-electron chi connectivity index (χ2n) is 4.86. The maximum Gasteiger partial charge on any atom is 0.247 e. The molecule has 1 aliphatic heterocycles. The Morgan fingerprint density at radius 2 is 1.95 bits per heavy atom. The first kappa shape index (κ1) is 13.2. The normalized spacial score (nSPS) is 15.7. The zero-order chi connectivity index (χ0) is 15.0. The van der Waals surface area contributed by atoms with E-state index < -0.39 is 0 Å². The smallest absolute Gasteiger partial charge is 0.247 e. The summed E-state index contributed by atoms with van der Waals surface area (Å²) >= 11 is 0. The van der Waals surface area contributed by atoms with E-state index in [0.717, 1.165) is 0 Å². The topological polar surface area (TPSA) is 92.7 Å². The average Bonchev–Trinajstić information content (AvgIpc) is 2.89. The van der Waals surface area contributed by atoms with Gasteiger partial charge in [0.2, 0.25) is 11.8 Å². The highest BCUT2D eigenvalue weighted by atomic mass is 16.5. The first-order chi connectivity index (χ1) is 10.1. The third-order valence-corrected chi connectivity index (χ3v) is 3.38. The fraction of sp³-hybridized carbons (Fsp3) is 0.214. The van der Waals surface area contributed by atoms with Crippen molar-refractivity contribution in [2.24, 2.45) is 0 Å². The quantitative estimate of drug-likeness (QED) is 0.878. The Morgan fingerprint density at radius 3 is 2.67 bits per heavy atom. The van der Waals surface area contributed by atoms with E-state index >= 15 is 0 Å². The van der Waals surface area contributed by atoms with E-state index in [1.807, 2.05) is 6.07 Å². The highest BCUT2D eigenvalue weighted by Gasteiger charge is 2.30. The fourth-order valence-corrected chi connectivity index (χ4v) is 2.27. The lowest BCUT2D eigenvalue weighted by atomic mass is 10.1. The monoisotopic (exact) mass is 286 g/mol. The van der Waals surface area contributed by atoms with Crippen molar-refractivity contribution in [3.05, 3.63) is 30.3 Å². The molecule has 0 atom stereocenters. The summed E-state index contributed by atoms with van der Waals surface area (Å²) in [6.45, 7) is 0.0711. The summed E-state index contributed by atoms with van der Waals surface area (Å²) in [4.78, 5) is 26.9. The lowest BCUT2D eigenvalue weighted by Gasteiger charge is -2.32. The van der Waals surface area contributed by atoms with Gasteiger partial charge in [0.05, 0.1) is 12.2 Å². The van der Waals surface area contributed by atoms with Crippen LogP contribution in [0.25, 0.3) is 11.3 Å². The summed E-state index contributed by atoms with van der Waals surface area (Å²) in [6.07, 6.45) is 0. The standard InChI is InChI=1S/C14H14N4O3/c1-17-7-14(20)18(8-13(17)19)10-5-3-2-4-9(10)11-6-12(15)16-21-11/h2-6H,7-8H2,1H3,(H2,15,16). The Kier molecular flexibility index (Phi) is 3.09. The minimum atomic E-state index is -0.142. The molecule has 2 aromatic rings. The van der Waals surface area contributed by atoms with Gasteiger partial charge in [0.25, 0.3) is 0 Å². The van der Waals surface area contributed by atoms with Gasteiger partial charge >= 0.3 is 0 Å². The molecule has 1 aromatic heterocycles. The maximum atomic E-state index is 12.2. The highest BCUT2D eigenvalue weighted by molar-refractivity contribution is 6.06. The van der Waals surface area contributed by atoms with Crippen molar-refractivity contribution in [3.63, 3.8) is 0 Å². The Balaban J connectivity index is 2.03. The molecule has 2 N–H and O–H groups in total. The average molecular weight is 286 g/mol. The van der Waals surface area contributed by atoms with Crippen molar-refractivity contribution in [1.82, 2.24) is 10.1 Å². The third-order valence-electron chi connectivity index (χ3n) is 3.38. The van der Waals surface area contributed by atoms with Crippen molar-refractivity contribution in [2.45, 2.75) is 0 Å². The summed E-state index contributed by atoms with van der Waals surface area (Å²) in [5, 5.41) is 3.65. The molecule has 7 heteroatoms. The van der Waals surface area contributed by atoms with Gasteiger partial charge in [-0.15, -0.1) is 0 Å². The molecule has 0 bridgehead atoms. The number of amides is 2. The molecule has 3 rings (SSSR count). The first-order valence-electron chi connectivity index (χ1n) is 6.42. The number of hydrogen-bond acceptors (Lipinski definition) is 5. The molecule has 0 radical (unpaired) electrons. The molecule has 1 fully saturated rings. The lowest BCUT2D eigenvalue weighted by Crippen LogP contribution is -2.52. The Morgan fingerprint density at radius 1 is 1.19 bits per heavy atom. The predicted molar refractivity (Wildman–Crippen MR) is 76.3 cm³/mol. The van der Waals surface area contributed by atoms with E-state index in [2.05, 4.69) is 5.16 Å². The van der Waals surface area contributed by atoms with Crippen LogP contribution in [0.4, 0.5) is 11.5 Å². The molecule has 0 saturated carbocycles. The predicted octanol–water partition coefficient (Wildman–Crippen LogP) is 0.729. The molecule has 0 spiro atoms. The second-order valence-corrected chi connectivity index (χ2v) is 4.86. The number of rotatable bonds is 2. The Bertz CT molecular complexity index is 710. The molecule has 7 nitrogen and oxygen atoms in total. The van der Waals surface area contributed by atoms with E-state index in [-0.39, 0.29) is 30.7 Å². The summed E-state index contributed by atoms with van der Waals surface area (Å²) in [7, 11) is 1.61. The number of anilines is 2. The van der Waals surface area contributed by atoms with E-state index in [4.69, 9.17) is 10.3 Å². The SMILES string of the molecule is CN1CC(=O)N(c2ccccc2-c2cc(N)no2)CC1=O. The summed E-state index contributed by atoms with van der Waals surface area (Å²) in [5.74, 6) is 0.474. The Labute approximate surface area is 120 Å². The van der Waals surface area contributed by atoms with Crippen molar-refractivity contribution >= 4 is 23.3 Å². The van der Waals surface area contributed by atoms with E-state index in [1.54, 1.807) is 31.3 Å². The molecule has 0 aliphatic carbocycles. The summed E-state index contributed by atoms with van der Waals surface area (Å²) in [5.41, 5.74) is 6.85. The maximum absolute atomic E-state index is 12.2. The van der Waals surface area contributed by atoms with Crippen LogP contribution in [0, 0.1) is 0 Å². The van der Waals surface area contributed by atoms with Crippen LogP contribution in [0.15, 0.2) is 34.9 Å². The number of hydrogen-bond donors (Lipinski definition) is 1. The molecule has 2 heterocycles. The number of likely N-dealkylation sites (N-methyl/N-ethyl adjacent to an activating group) is 1. The van der Waals surface area contributed by atoms with Crippen molar-refractivity contribution < 1.29 is 14.1 Å². The van der Waals surface area contributed by atoms with Gasteiger partial charge in [0.15, 0.2) is 11.6 Å². The number of carbonyl (C=O) groups excluding carboxylic acids is 2. The molecule has 1 aromatic carbocycles. The van der Waals surface area contributed by atoms with Gasteiger partial charge in [-0.05, 0) is 12.1 Å². The van der Waals surface area contributed by atoms with Crippen LogP contribution < -0.4 is 10.6 Å². The zero-order valence-corrected chi connectivity index (χ0v) is 11.4. The highest BCUT2D eigenvalue weighted by Crippen LogP contribution is 2.32. The van der Waals surface area contributed by atoms with E-state index in [9.17, 15) is 9.59 Å². The summed E-state index contributed by atoms with van der Waals surface area (Å²) in [6, 6.07) is 8.77. The van der Waals surface area contributed by atoms with Crippen LogP contribution in [-0.4, -0.2) is 42.0 Å². The van der Waals surface area contributed by atoms with Gasteiger partial charge in [-0.2, -0.15) is 0 Å². The van der Waals surface area contributed by atoms with Gasteiger partial charge in [-0.25, -0.2) is 0 Å². The second kappa shape index (κ2) is 4.93. The molecular formula is C14H14N4O3. The lowest BCUT2D eigenvalue weighted by molar-refractivity contribution is -0.136. The van der Waals surface area contributed by atoms with Gasteiger partial charge in [0.1, 0.15) is 6.54 Å². The number of para-hydroxylation sites is 1. The van der Waals surface area contributed by atoms with Crippen molar-refractivity contribution in [3.8, 4) is 11.3 Å². The van der Waals surface area contributed by atoms with Gasteiger partial charge < -0.3 is 20.1 Å². The fourth-order valence-electron chi connectivity index (χ4n) is 2.27. The third kappa shape index (κ3) is 2.33. The number of nitrogen functional groups attached to an aromatic ring is 1. The van der Waals surface area contributed by atoms with Crippen molar-refractivity contribution in [2.75, 3.05) is 30.8 Å². The minimum Gasteiger partial charge on any atom is -0.381 e. The largest absolute Gasteiger partial charge is 0.381 e. The minimum absolute atomic E-state index is 0.00989. The van der Waals surface area contributed by atoms with E-state index in [1.165, 1.54) is 9.80 Å². The van der Waals surface area contributed by atoms with Crippen LogP contribution >= 0.6 is 0 Å². The van der Waals surface area contributed by atoms with Crippen LogP contribution in [-0.2, 0) is 9.59 Å². The van der Waals surface area contributed by atoms with E-state index in [0.29, 0.717) is 17.0 Å². The van der Waals surface area contributed by atoms with Gasteiger partial charge in [-0.3, -0.25) is 9.59 Å². The van der Waals surface area contributed by atoms with Crippen LogP contribution in [0.3, 0.4) is 0 Å². The van der Waals surface area contributed by atoms with Crippen LogP contribution in [0.1, 0.15) is 0 Å². The van der Waals surface area contributed by atoms with Gasteiger partial charge in [-0.1, -0.05) is 17.3 Å². The van der Waals surface area contributed by atoms with Crippen LogP contribution in [0.5, 0.6) is 0 Å². The molecule has 2 amide bonds. The Hall–Kier alpha value is -2.83. The number of carbonyl (C=O) groups is 2. The number of benzene rings is 1. The molecule has 108 valence electrons. The van der Waals surface area contributed by atoms with Gasteiger partial charge in [0, 0.05) is 18.7 Å². The number of nitrogens with zero attached hydrogens (tertiary/aromatic N) is 3. The van der Waals surface area contributed by atoms with Crippen molar-refractivity contribution in [1.29, 1.82) is 0 Å². The van der Waals surface area contributed by atoms with Crippen LogP contribution in [0.2, 0.25) is 0 Å². The molecule has 21 heavy (non-hydrogen) atoms. The molecule has 1 aliphatic rings. The number of aromatic nitrogens is 1. The molecule has 1 saturated heterocycles. The number of nitrogens with two attached hydrogens (primary N) is 1. The molecular weight excluding hydrogens is 272 g/mol. The zero-order valence-electron chi connectivity index (χ0n) is 11.4. The first-order valence-corrected chi connectivity index (χ1v) is 6.42. The summed E-state index contributed by atoms with van der Waals surface area (Å²) < 4.78 is 5.16. The molecule has 0 unspecified atom stereocenters. The number of piperazine rings is 1.